The third-order valence-corrected chi connectivity index (χ3v) is 4.48. The zero-order valence-electron chi connectivity index (χ0n) is 15.8. The van der Waals surface area contributed by atoms with Crippen molar-refractivity contribution >= 4 is 10.9 Å². The van der Waals surface area contributed by atoms with Crippen LogP contribution in [0.15, 0.2) is 54.9 Å². The summed E-state index contributed by atoms with van der Waals surface area (Å²) in [6.45, 7) is 9.12. The highest BCUT2D eigenvalue weighted by atomic mass is 14.7. The van der Waals surface area contributed by atoms with Gasteiger partial charge in [0.05, 0.1) is 5.52 Å². The van der Waals surface area contributed by atoms with Crippen molar-refractivity contribution in [1.82, 2.24) is 9.97 Å². The minimum Gasteiger partial charge on any atom is -0.261 e. The smallest absolute Gasteiger partial charge is 0.0704 e. The molecule has 0 aliphatic heterocycles. The van der Waals surface area contributed by atoms with Crippen molar-refractivity contribution in [3.63, 3.8) is 0 Å². The van der Waals surface area contributed by atoms with Crippen molar-refractivity contribution in [3.8, 4) is 0 Å². The van der Waals surface area contributed by atoms with Crippen LogP contribution in [0.1, 0.15) is 44.5 Å². The first-order chi connectivity index (χ1) is 11.9. The van der Waals surface area contributed by atoms with Crippen LogP contribution in [-0.2, 0) is 19.3 Å². The van der Waals surface area contributed by atoms with Crippen LogP contribution in [-0.4, -0.2) is 9.97 Å². The molecule has 25 heavy (non-hydrogen) atoms. The molecule has 0 N–H and O–H groups in total. The summed E-state index contributed by atoms with van der Waals surface area (Å²) in [5.41, 5.74) is 5.34. The monoisotopic (exact) mass is 332 g/mol. The van der Waals surface area contributed by atoms with E-state index in [0.717, 1.165) is 24.8 Å². The van der Waals surface area contributed by atoms with E-state index in [-0.39, 0.29) is 5.41 Å². The van der Waals surface area contributed by atoms with Crippen molar-refractivity contribution in [1.29, 1.82) is 0 Å². The fourth-order valence-electron chi connectivity index (χ4n) is 3.48. The van der Waals surface area contributed by atoms with Gasteiger partial charge in [-0.05, 0) is 66.0 Å². The number of para-hydroxylation sites is 1. The second-order valence-electron chi connectivity index (χ2n) is 8.39. The highest BCUT2D eigenvalue weighted by Crippen LogP contribution is 2.23. The lowest BCUT2D eigenvalue weighted by atomic mass is 9.89. The zero-order valence-corrected chi connectivity index (χ0v) is 15.8. The maximum Gasteiger partial charge on any atom is 0.0704 e. The van der Waals surface area contributed by atoms with Crippen LogP contribution in [0.2, 0.25) is 0 Å². The molecule has 1 aromatic carbocycles. The predicted molar refractivity (Wildman–Crippen MR) is 106 cm³/mol. The van der Waals surface area contributed by atoms with E-state index in [9.17, 15) is 0 Å². The van der Waals surface area contributed by atoms with Gasteiger partial charge in [0, 0.05) is 23.5 Å². The number of fused-ring (bicyclic) bond motifs is 1. The topological polar surface area (TPSA) is 25.8 Å². The van der Waals surface area contributed by atoms with Gasteiger partial charge in [-0.2, -0.15) is 0 Å². The van der Waals surface area contributed by atoms with E-state index in [4.69, 9.17) is 0 Å². The Balaban J connectivity index is 1.72. The van der Waals surface area contributed by atoms with Crippen molar-refractivity contribution in [2.24, 2.45) is 11.3 Å². The molecular formula is C23H28N2. The van der Waals surface area contributed by atoms with Gasteiger partial charge in [-0.25, -0.2) is 0 Å². The molecule has 0 radical (unpaired) electrons. The Morgan fingerprint density at radius 2 is 1.68 bits per heavy atom. The first-order valence-corrected chi connectivity index (χ1v) is 9.17. The molecule has 0 saturated carbocycles. The van der Waals surface area contributed by atoms with Gasteiger partial charge < -0.3 is 0 Å². The average Bonchev–Trinajstić information content (AvgIpc) is 2.54. The number of hydrogen-bond donors (Lipinski definition) is 0. The summed E-state index contributed by atoms with van der Waals surface area (Å²) in [7, 11) is 0. The standard InChI is InChI=1S/C23H28N2/c1-17(13-18-9-11-24-20(15-18)16-23(2,3)4)14-19-10-12-25-22-8-6-5-7-21(19)22/h5-12,15,17H,13-14,16H2,1-4H3. The average molecular weight is 332 g/mol. The summed E-state index contributed by atoms with van der Waals surface area (Å²) in [6, 6.07) is 15.0. The van der Waals surface area contributed by atoms with Gasteiger partial charge in [-0.15, -0.1) is 0 Å². The molecule has 130 valence electrons. The molecular weight excluding hydrogens is 304 g/mol. The Hall–Kier alpha value is -2.22. The fraction of sp³-hybridized carbons (Fsp3) is 0.391. The van der Waals surface area contributed by atoms with Crippen LogP contribution in [0.3, 0.4) is 0 Å². The molecule has 0 saturated heterocycles. The number of nitrogens with zero attached hydrogens (tertiary/aromatic N) is 2. The van der Waals surface area contributed by atoms with Gasteiger partial charge in [0.15, 0.2) is 0 Å². The molecule has 2 aromatic heterocycles. The molecule has 0 spiro atoms. The molecule has 1 unspecified atom stereocenters. The van der Waals surface area contributed by atoms with Crippen molar-refractivity contribution < 1.29 is 0 Å². The molecule has 3 aromatic rings. The van der Waals surface area contributed by atoms with Gasteiger partial charge in [0.2, 0.25) is 0 Å². The largest absolute Gasteiger partial charge is 0.261 e. The van der Waals surface area contributed by atoms with Crippen LogP contribution in [0.25, 0.3) is 10.9 Å². The van der Waals surface area contributed by atoms with Gasteiger partial charge in [-0.1, -0.05) is 45.9 Å². The maximum absolute atomic E-state index is 4.55. The normalized spacial score (nSPS) is 13.1. The molecule has 0 amide bonds. The lowest BCUT2D eigenvalue weighted by molar-refractivity contribution is 0.406. The Kier molecular flexibility index (Phi) is 5.17. The Labute approximate surface area is 151 Å². The second-order valence-corrected chi connectivity index (χ2v) is 8.39. The third kappa shape index (κ3) is 4.88. The van der Waals surface area contributed by atoms with Gasteiger partial charge in [-0.3, -0.25) is 9.97 Å². The van der Waals surface area contributed by atoms with Gasteiger partial charge >= 0.3 is 0 Å². The van der Waals surface area contributed by atoms with Crippen LogP contribution >= 0.6 is 0 Å². The van der Waals surface area contributed by atoms with E-state index in [1.165, 1.54) is 22.2 Å². The van der Waals surface area contributed by atoms with E-state index in [1.54, 1.807) is 0 Å². The summed E-state index contributed by atoms with van der Waals surface area (Å²) >= 11 is 0. The van der Waals surface area contributed by atoms with Crippen molar-refractivity contribution in [2.45, 2.75) is 47.0 Å². The molecule has 3 rings (SSSR count). The van der Waals surface area contributed by atoms with Crippen LogP contribution in [0.4, 0.5) is 0 Å². The van der Waals surface area contributed by atoms with E-state index < -0.39 is 0 Å². The van der Waals surface area contributed by atoms with Gasteiger partial charge in [0.25, 0.3) is 0 Å². The summed E-state index contributed by atoms with van der Waals surface area (Å²) < 4.78 is 0. The molecule has 0 aliphatic rings. The Bertz CT molecular complexity index is 841. The van der Waals surface area contributed by atoms with E-state index in [1.807, 2.05) is 12.4 Å². The fourth-order valence-corrected chi connectivity index (χ4v) is 3.48. The third-order valence-electron chi connectivity index (χ3n) is 4.48. The number of benzene rings is 1. The highest BCUT2D eigenvalue weighted by Gasteiger charge is 2.13. The lowest BCUT2D eigenvalue weighted by Crippen LogP contribution is -2.11. The molecule has 1 atom stereocenters. The molecule has 2 heterocycles. The van der Waals surface area contributed by atoms with Crippen molar-refractivity contribution in [3.05, 3.63) is 71.7 Å². The SMILES string of the molecule is CC(Cc1ccnc(CC(C)(C)C)c1)Cc1ccnc2ccccc12. The van der Waals surface area contributed by atoms with Crippen LogP contribution in [0, 0.1) is 11.3 Å². The summed E-state index contributed by atoms with van der Waals surface area (Å²) in [6.07, 6.45) is 7.06. The molecule has 2 heteroatoms. The molecule has 0 bridgehead atoms. The number of rotatable bonds is 5. The quantitative estimate of drug-likeness (QED) is 0.604. The lowest BCUT2D eigenvalue weighted by Gasteiger charge is -2.18. The van der Waals surface area contributed by atoms with Crippen LogP contribution in [0.5, 0.6) is 0 Å². The Morgan fingerprint density at radius 1 is 0.920 bits per heavy atom. The molecule has 0 fully saturated rings. The summed E-state index contributed by atoms with van der Waals surface area (Å²) in [5, 5.41) is 1.28. The molecule has 0 aliphatic carbocycles. The number of pyridine rings is 2. The van der Waals surface area contributed by atoms with E-state index >= 15 is 0 Å². The summed E-state index contributed by atoms with van der Waals surface area (Å²) in [5.74, 6) is 0.579. The van der Waals surface area contributed by atoms with E-state index in [2.05, 4.69) is 80.1 Å². The first kappa shape index (κ1) is 17.6. The predicted octanol–water partition coefficient (Wildman–Crippen LogP) is 5.64. The zero-order chi connectivity index (χ0) is 17.9. The highest BCUT2D eigenvalue weighted by molar-refractivity contribution is 5.81. The minimum absolute atomic E-state index is 0.271. The second kappa shape index (κ2) is 7.35. The molecule has 2 nitrogen and oxygen atoms in total. The number of aromatic nitrogens is 2. The minimum atomic E-state index is 0.271. The van der Waals surface area contributed by atoms with E-state index in [0.29, 0.717) is 5.92 Å². The maximum atomic E-state index is 4.55. The number of hydrogen-bond acceptors (Lipinski definition) is 2. The first-order valence-electron chi connectivity index (χ1n) is 9.17. The van der Waals surface area contributed by atoms with Crippen LogP contribution < -0.4 is 0 Å². The Morgan fingerprint density at radius 3 is 2.48 bits per heavy atom. The van der Waals surface area contributed by atoms with Gasteiger partial charge in [0.1, 0.15) is 0 Å². The summed E-state index contributed by atoms with van der Waals surface area (Å²) in [4.78, 5) is 9.02. The van der Waals surface area contributed by atoms with Crippen molar-refractivity contribution in [2.75, 3.05) is 0 Å².